The highest BCUT2D eigenvalue weighted by Crippen LogP contribution is 2.35. The maximum absolute atomic E-state index is 12.0. The van der Waals surface area contributed by atoms with Crippen LogP contribution in [-0.4, -0.2) is 27.3 Å². The Hall–Kier alpha value is -1.66. The molecule has 0 aliphatic rings. The van der Waals surface area contributed by atoms with Crippen LogP contribution in [0.2, 0.25) is 0 Å². The van der Waals surface area contributed by atoms with Gasteiger partial charge in [-0.15, -0.1) is 13.2 Å². The van der Waals surface area contributed by atoms with Gasteiger partial charge in [0.1, 0.15) is 0 Å². The Morgan fingerprint density at radius 2 is 2.11 bits per heavy atom. The molecule has 1 rings (SSSR count). The summed E-state index contributed by atoms with van der Waals surface area (Å²) < 4.78 is 39.0. The molecular formula is C7H2F3IN2O5. The smallest absolute Gasteiger partial charge is 0.477 e. The second-order valence-corrected chi connectivity index (χ2v) is 3.78. The van der Waals surface area contributed by atoms with Crippen molar-refractivity contribution in [2.45, 2.75) is 6.36 Å². The van der Waals surface area contributed by atoms with Gasteiger partial charge in [0.05, 0.1) is 4.92 Å². The molecule has 0 aliphatic heterocycles. The number of carboxylic acid groups (broad SMARTS) is 1. The van der Waals surface area contributed by atoms with E-state index in [1.165, 1.54) is 22.6 Å². The summed E-state index contributed by atoms with van der Waals surface area (Å²) in [5.41, 5.74) is -1.83. The summed E-state index contributed by atoms with van der Waals surface area (Å²) in [6.07, 6.45) is -5.18. The summed E-state index contributed by atoms with van der Waals surface area (Å²) in [6, 6.07) is 0.343. The van der Waals surface area contributed by atoms with Crippen LogP contribution in [0.5, 0.6) is 5.75 Å². The Morgan fingerprint density at radius 3 is 2.50 bits per heavy atom. The molecule has 0 amide bonds. The summed E-state index contributed by atoms with van der Waals surface area (Å²) in [5.74, 6) is -2.85. The zero-order valence-corrected chi connectivity index (χ0v) is 10.2. The van der Waals surface area contributed by atoms with Gasteiger partial charge in [-0.2, -0.15) is 0 Å². The standard InChI is InChI=1S/C7H2F3IN2O5/c8-7(9,10)18-3-1-2(6(14)15)12-5(11)4(3)13(16)17/h1H,(H,14,15). The fourth-order valence-corrected chi connectivity index (χ4v) is 1.69. The maximum Gasteiger partial charge on any atom is 0.573 e. The monoisotopic (exact) mass is 378 g/mol. The maximum atomic E-state index is 12.0. The lowest BCUT2D eigenvalue weighted by atomic mass is 10.3. The van der Waals surface area contributed by atoms with E-state index < -0.39 is 38.1 Å². The van der Waals surface area contributed by atoms with E-state index in [4.69, 9.17) is 5.11 Å². The molecule has 1 N–H and O–H groups in total. The molecule has 0 saturated heterocycles. The number of carbonyl (C=O) groups is 1. The average Bonchev–Trinajstić information content (AvgIpc) is 2.12. The van der Waals surface area contributed by atoms with E-state index in [-0.39, 0.29) is 0 Å². The van der Waals surface area contributed by atoms with E-state index in [1.807, 2.05) is 0 Å². The summed E-state index contributed by atoms with van der Waals surface area (Å²) in [5, 5.41) is 19.2. The van der Waals surface area contributed by atoms with E-state index in [0.29, 0.717) is 6.07 Å². The van der Waals surface area contributed by atoms with Gasteiger partial charge < -0.3 is 9.84 Å². The molecule has 0 spiro atoms. The van der Waals surface area contributed by atoms with Crippen LogP contribution in [-0.2, 0) is 0 Å². The first-order valence-electron chi connectivity index (χ1n) is 3.96. The predicted octanol–water partition coefficient (Wildman–Crippen LogP) is 2.19. The van der Waals surface area contributed by atoms with E-state index in [9.17, 15) is 28.1 Å². The first-order valence-corrected chi connectivity index (χ1v) is 5.03. The van der Waals surface area contributed by atoms with Gasteiger partial charge in [-0.1, -0.05) is 0 Å². The molecule has 0 unspecified atom stereocenters. The molecule has 0 radical (unpaired) electrons. The van der Waals surface area contributed by atoms with Gasteiger partial charge in [-0.3, -0.25) is 10.1 Å². The van der Waals surface area contributed by atoms with Gasteiger partial charge in [0.15, 0.2) is 9.39 Å². The lowest BCUT2D eigenvalue weighted by Crippen LogP contribution is -2.19. The molecule has 0 fully saturated rings. The number of rotatable bonds is 3. The quantitative estimate of drug-likeness (QED) is 0.375. The minimum absolute atomic E-state index is 0.343. The normalized spacial score (nSPS) is 11.1. The van der Waals surface area contributed by atoms with Crippen LogP contribution >= 0.6 is 22.6 Å². The van der Waals surface area contributed by atoms with Crippen molar-refractivity contribution >= 4 is 34.2 Å². The molecule has 1 aromatic rings. The third-order valence-corrected chi connectivity index (χ3v) is 2.29. The van der Waals surface area contributed by atoms with Crippen molar-refractivity contribution in [3.05, 3.63) is 25.6 Å². The van der Waals surface area contributed by atoms with Crippen LogP contribution in [0.1, 0.15) is 10.5 Å². The molecule has 1 heterocycles. The predicted molar refractivity (Wildman–Crippen MR) is 57.3 cm³/mol. The van der Waals surface area contributed by atoms with Crippen molar-refractivity contribution in [2.24, 2.45) is 0 Å². The van der Waals surface area contributed by atoms with Crippen LogP contribution < -0.4 is 4.74 Å². The third-order valence-electron chi connectivity index (χ3n) is 1.54. The number of aromatic nitrogens is 1. The fraction of sp³-hybridized carbons (Fsp3) is 0.143. The molecule has 18 heavy (non-hydrogen) atoms. The van der Waals surface area contributed by atoms with Crippen molar-refractivity contribution in [1.29, 1.82) is 0 Å². The van der Waals surface area contributed by atoms with Crippen molar-refractivity contribution in [2.75, 3.05) is 0 Å². The third kappa shape index (κ3) is 3.41. The van der Waals surface area contributed by atoms with Crippen LogP contribution in [0.15, 0.2) is 6.07 Å². The highest BCUT2D eigenvalue weighted by Gasteiger charge is 2.36. The number of nitro groups is 1. The van der Waals surface area contributed by atoms with Crippen LogP contribution in [0.25, 0.3) is 0 Å². The van der Waals surface area contributed by atoms with Crippen molar-refractivity contribution in [1.82, 2.24) is 4.98 Å². The summed E-state index contributed by atoms with van der Waals surface area (Å²) in [7, 11) is 0. The lowest BCUT2D eigenvalue weighted by molar-refractivity contribution is -0.390. The van der Waals surface area contributed by atoms with E-state index in [0.717, 1.165) is 0 Å². The number of carboxylic acids is 1. The Morgan fingerprint density at radius 1 is 1.56 bits per heavy atom. The van der Waals surface area contributed by atoms with Crippen LogP contribution in [0.3, 0.4) is 0 Å². The molecule has 11 heteroatoms. The Labute approximate surface area is 110 Å². The van der Waals surface area contributed by atoms with Gasteiger partial charge in [-0.25, -0.2) is 9.78 Å². The molecule has 0 aromatic carbocycles. The number of ether oxygens (including phenoxy) is 1. The molecule has 0 saturated carbocycles. The Balaban J connectivity index is 3.43. The first kappa shape index (κ1) is 14.4. The van der Waals surface area contributed by atoms with Crippen LogP contribution in [0.4, 0.5) is 18.9 Å². The molecule has 0 aliphatic carbocycles. The number of alkyl halides is 3. The minimum atomic E-state index is -5.18. The number of halogens is 4. The van der Waals surface area contributed by atoms with Gasteiger partial charge in [0.25, 0.3) is 0 Å². The zero-order chi connectivity index (χ0) is 14.1. The number of hydrogen-bond donors (Lipinski definition) is 1. The summed E-state index contributed by atoms with van der Waals surface area (Å²) in [6.45, 7) is 0. The zero-order valence-electron chi connectivity index (χ0n) is 8.06. The number of pyridine rings is 1. The van der Waals surface area contributed by atoms with Crippen molar-refractivity contribution in [3.63, 3.8) is 0 Å². The number of aromatic carboxylic acids is 1. The molecule has 0 bridgehead atoms. The summed E-state index contributed by atoms with van der Waals surface area (Å²) in [4.78, 5) is 23.3. The molecular weight excluding hydrogens is 376 g/mol. The van der Waals surface area contributed by atoms with Gasteiger partial charge >= 0.3 is 18.0 Å². The van der Waals surface area contributed by atoms with E-state index in [1.54, 1.807) is 0 Å². The van der Waals surface area contributed by atoms with Crippen molar-refractivity contribution < 1.29 is 32.7 Å². The Bertz CT molecular complexity index is 519. The van der Waals surface area contributed by atoms with Gasteiger partial charge in [0, 0.05) is 6.07 Å². The lowest BCUT2D eigenvalue weighted by Gasteiger charge is -2.10. The summed E-state index contributed by atoms with van der Waals surface area (Å²) >= 11 is 1.25. The van der Waals surface area contributed by atoms with Gasteiger partial charge in [-0.05, 0) is 22.6 Å². The molecule has 98 valence electrons. The number of hydrogen-bond acceptors (Lipinski definition) is 5. The minimum Gasteiger partial charge on any atom is -0.477 e. The Kier molecular flexibility index (Phi) is 3.93. The number of nitrogens with zero attached hydrogens (tertiary/aromatic N) is 2. The topological polar surface area (TPSA) is 103 Å². The molecule has 7 nitrogen and oxygen atoms in total. The molecule has 1 aromatic heterocycles. The van der Waals surface area contributed by atoms with Crippen LogP contribution in [0, 0.1) is 13.8 Å². The van der Waals surface area contributed by atoms with Gasteiger partial charge in [0.2, 0.25) is 5.75 Å². The largest absolute Gasteiger partial charge is 0.573 e. The second-order valence-electron chi connectivity index (χ2n) is 2.76. The second kappa shape index (κ2) is 4.91. The highest BCUT2D eigenvalue weighted by atomic mass is 127. The average molecular weight is 378 g/mol. The SMILES string of the molecule is O=C(O)c1cc(OC(F)(F)F)c([N+](=O)[O-])c(I)n1. The molecule has 0 atom stereocenters. The van der Waals surface area contributed by atoms with E-state index in [2.05, 4.69) is 9.72 Å². The fourth-order valence-electron chi connectivity index (χ4n) is 0.963. The highest BCUT2D eigenvalue weighted by molar-refractivity contribution is 14.1. The first-order chi connectivity index (χ1) is 8.11. The van der Waals surface area contributed by atoms with E-state index >= 15 is 0 Å². The van der Waals surface area contributed by atoms with Crippen molar-refractivity contribution in [3.8, 4) is 5.75 Å².